The quantitative estimate of drug-likeness (QED) is 0.403. The molecular weight excluding hydrogens is 511 g/mol. The number of hydrogen-bond donors (Lipinski definition) is 2. The maximum Gasteiger partial charge on any atom is 0.335 e. The van der Waals surface area contributed by atoms with Gasteiger partial charge in [0.05, 0.1) is 22.7 Å². The van der Waals surface area contributed by atoms with Gasteiger partial charge in [-0.25, -0.2) is 9.36 Å². The van der Waals surface area contributed by atoms with E-state index >= 15 is 0 Å². The highest BCUT2D eigenvalue weighted by Gasteiger charge is 2.29. The SMILES string of the molecule is CC1=NN(c2ccc(I)cc2)C(=O)/C1=C/c1c(O)n(-c2ccc(C)cc2)c(=O)[nH]c1=O. The number of carbonyl (C=O) groups excluding carboxylic acids is 1. The van der Waals surface area contributed by atoms with Gasteiger partial charge >= 0.3 is 5.69 Å². The summed E-state index contributed by atoms with van der Waals surface area (Å²) < 4.78 is 2.00. The molecule has 9 heteroatoms. The Morgan fingerprint density at radius 1 is 0.968 bits per heavy atom. The number of anilines is 1. The second-order valence-corrected chi connectivity index (χ2v) is 8.25. The third kappa shape index (κ3) is 3.83. The summed E-state index contributed by atoms with van der Waals surface area (Å²) >= 11 is 2.16. The molecule has 0 fully saturated rings. The lowest BCUT2D eigenvalue weighted by atomic mass is 10.1. The number of aromatic nitrogens is 2. The van der Waals surface area contributed by atoms with Crippen LogP contribution in [0, 0.1) is 10.5 Å². The minimum Gasteiger partial charge on any atom is -0.494 e. The lowest BCUT2D eigenvalue weighted by Gasteiger charge is -2.12. The third-order valence-electron chi connectivity index (χ3n) is 4.84. The van der Waals surface area contributed by atoms with E-state index in [-0.39, 0.29) is 11.1 Å². The Kier molecular flexibility index (Phi) is 5.36. The zero-order valence-electron chi connectivity index (χ0n) is 16.6. The van der Waals surface area contributed by atoms with E-state index < -0.39 is 23.0 Å². The lowest BCUT2D eigenvalue weighted by molar-refractivity contribution is -0.114. The summed E-state index contributed by atoms with van der Waals surface area (Å²) in [5, 5.41) is 16.3. The Balaban J connectivity index is 1.81. The predicted molar refractivity (Wildman–Crippen MR) is 127 cm³/mol. The number of nitrogens with zero attached hydrogens (tertiary/aromatic N) is 3. The van der Waals surface area contributed by atoms with Crippen LogP contribution in [0.3, 0.4) is 0 Å². The molecule has 0 aliphatic carbocycles. The maximum absolute atomic E-state index is 13.0. The molecule has 1 aromatic heterocycles. The van der Waals surface area contributed by atoms with Crippen molar-refractivity contribution in [3.63, 3.8) is 0 Å². The number of H-pyrrole nitrogens is 1. The molecule has 8 nitrogen and oxygen atoms in total. The van der Waals surface area contributed by atoms with E-state index in [9.17, 15) is 19.5 Å². The average molecular weight is 528 g/mol. The number of hydrogen-bond acceptors (Lipinski definition) is 5. The van der Waals surface area contributed by atoms with Gasteiger partial charge in [0.15, 0.2) is 0 Å². The highest BCUT2D eigenvalue weighted by Crippen LogP contribution is 2.27. The number of amides is 1. The number of aryl methyl sites for hydroxylation is 1. The Labute approximate surface area is 190 Å². The van der Waals surface area contributed by atoms with Crippen molar-refractivity contribution < 1.29 is 9.90 Å². The molecule has 0 radical (unpaired) electrons. The fourth-order valence-electron chi connectivity index (χ4n) is 3.19. The zero-order valence-corrected chi connectivity index (χ0v) is 18.7. The first kappa shape index (κ1) is 20.8. The van der Waals surface area contributed by atoms with Crippen LogP contribution in [0.1, 0.15) is 18.1 Å². The lowest BCUT2D eigenvalue weighted by Crippen LogP contribution is -2.30. The Morgan fingerprint density at radius 3 is 2.23 bits per heavy atom. The van der Waals surface area contributed by atoms with Gasteiger partial charge in [-0.1, -0.05) is 17.7 Å². The standard InChI is InChI=1S/C22H17IN4O4/c1-12-3-7-15(8-4-12)26-20(29)18(19(28)24-22(26)31)11-17-13(2)25-27(21(17)30)16-9-5-14(23)6-10-16/h3-11,29H,1-2H3,(H,24,28,31)/b17-11+. The van der Waals surface area contributed by atoms with Crippen molar-refractivity contribution in [2.75, 3.05) is 5.01 Å². The molecule has 0 atom stereocenters. The summed E-state index contributed by atoms with van der Waals surface area (Å²) in [5.41, 5.74) is 0.681. The summed E-state index contributed by atoms with van der Waals surface area (Å²) in [6, 6.07) is 14.1. The van der Waals surface area contributed by atoms with Crippen LogP contribution in [-0.2, 0) is 4.79 Å². The van der Waals surface area contributed by atoms with E-state index in [0.29, 0.717) is 17.1 Å². The number of aromatic hydroxyl groups is 1. The Bertz CT molecular complexity index is 1370. The van der Waals surface area contributed by atoms with E-state index in [0.717, 1.165) is 13.7 Å². The molecule has 156 valence electrons. The second-order valence-electron chi connectivity index (χ2n) is 7.00. The van der Waals surface area contributed by atoms with Crippen molar-refractivity contribution in [1.29, 1.82) is 0 Å². The number of rotatable bonds is 3. The summed E-state index contributed by atoms with van der Waals surface area (Å²) in [6.45, 7) is 3.53. The minimum atomic E-state index is -0.799. The molecule has 0 saturated heterocycles. The maximum atomic E-state index is 13.0. The van der Waals surface area contributed by atoms with Crippen molar-refractivity contribution in [3.05, 3.63) is 89.6 Å². The minimum absolute atomic E-state index is 0.147. The first-order chi connectivity index (χ1) is 14.8. The van der Waals surface area contributed by atoms with Crippen LogP contribution in [0.15, 0.2) is 68.8 Å². The monoisotopic (exact) mass is 528 g/mol. The van der Waals surface area contributed by atoms with Crippen LogP contribution in [0.5, 0.6) is 5.88 Å². The number of hydrazone groups is 1. The van der Waals surface area contributed by atoms with Crippen LogP contribution in [0.2, 0.25) is 0 Å². The van der Waals surface area contributed by atoms with Crippen molar-refractivity contribution in [2.24, 2.45) is 5.10 Å². The van der Waals surface area contributed by atoms with Gasteiger partial charge in [-0.2, -0.15) is 10.1 Å². The molecule has 2 heterocycles. The molecule has 1 amide bonds. The van der Waals surface area contributed by atoms with E-state index in [1.807, 2.05) is 19.1 Å². The van der Waals surface area contributed by atoms with Gasteiger partial charge in [0, 0.05) is 3.57 Å². The first-order valence-corrected chi connectivity index (χ1v) is 10.4. The summed E-state index contributed by atoms with van der Waals surface area (Å²) in [7, 11) is 0. The summed E-state index contributed by atoms with van der Waals surface area (Å²) in [4.78, 5) is 40.0. The van der Waals surface area contributed by atoms with Crippen molar-refractivity contribution in [3.8, 4) is 11.6 Å². The van der Waals surface area contributed by atoms with E-state index in [1.165, 1.54) is 11.1 Å². The first-order valence-electron chi connectivity index (χ1n) is 9.29. The largest absolute Gasteiger partial charge is 0.494 e. The molecule has 31 heavy (non-hydrogen) atoms. The van der Waals surface area contributed by atoms with Crippen molar-refractivity contribution >= 4 is 46.0 Å². The fraction of sp³-hybridized carbons (Fsp3) is 0.0909. The number of nitrogens with one attached hydrogen (secondary N) is 1. The van der Waals surface area contributed by atoms with Gasteiger partial charge in [-0.05, 0) is 78.9 Å². The highest BCUT2D eigenvalue weighted by atomic mass is 127. The zero-order chi connectivity index (χ0) is 22.3. The van der Waals surface area contributed by atoms with Crippen LogP contribution >= 0.6 is 22.6 Å². The highest BCUT2D eigenvalue weighted by molar-refractivity contribution is 14.1. The van der Waals surface area contributed by atoms with Crippen LogP contribution < -0.4 is 16.3 Å². The molecular formula is C22H17IN4O4. The molecule has 3 aromatic rings. The number of carbonyl (C=O) groups is 1. The third-order valence-corrected chi connectivity index (χ3v) is 5.55. The molecule has 0 spiro atoms. The predicted octanol–water partition coefficient (Wildman–Crippen LogP) is 2.95. The average Bonchev–Trinajstić information content (AvgIpc) is 3.01. The fourth-order valence-corrected chi connectivity index (χ4v) is 3.55. The number of benzene rings is 2. The van der Waals surface area contributed by atoms with Crippen molar-refractivity contribution in [1.82, 2.24) is 9.55 Å². The molecule has 1 aliphatic heterocycles. The van der Waals surface area contributed by atoms with Gasteiger partial charge in [-0.15, -0.1) is 0 Å². The van der Waals surface area contributed by atoms with Gasteiger partial charge in [-0.3, -0.25) is 14.6 Å². The van der Waals surface area contributed by atoms with E-state index in [2.05, 4.69) is 32.7 Å². The second kappa shape index (κ2) is 7.99. The normalized spacial score (nSPS) is 14.9. The molecule has 2 N–H and O–H groups in total. The van der Waals surface area contributed by atoms with E-state index in [4.69, 9.17) is 0 Å². The van der Waals surface area contributed by atoms with Crippen LogP contribution in [0.25, 0.3) is 11.8 Å². The summed E-state index contributed by atoms with van der Waals surface area (Å²) in [5.74, 6) is -0.996. The van der Waals surface area contributed by atoms with E-state index in [1.54, 1.807) is 43.3 Å². The van der Waals surface area contributed by atoms with Crippen LogP contribution in [0.4, 0.5) is 5.69 Å². The van der Waals surface area contributed by atoms with Crippen molar-refractivity contribution in [2.45, 2.75) is 13.8 Å². The van der Waals surface area contributed by atoms with Gasteiger partial charge in [0.25, 0.3) is 11.5 Å². The number of halogens is 1. The van der Waals surface area contributed by atoms with Gasteiger partial charge in [0.1, 0.15) is 5.56 Å². The Hall–Kier alpha value is -3.47. The topological polar surface area (TPSA) is 108 Å². The molecule has 4 rings (SSSR count). The summed E-state index contributed by atoms with van der Waals surface area (Å²) in [6.07, 6.45) is 1.26. The molecule has 0 unspecified atom stereocenters. The molecule has 0 bridgehead atoms. The Morgan fingerprint density at radius 2 is 1.58 bits per heavy atom. The van der Waals surface area contributed by atoms with Gasteiger partial charge < -0.3 is 5.11 Å². The molecule has 2 aromatic carbocycles. The number of aromatic amines is 1. The smallest absolute Gasteiger partial charge is 0.335 e. The van der Waals surface area contributed by atoms with Gasteiger partial charge in [0.2, 0.25) is 5.88 Å². The molecule has 1 aliphatic rings. The van der Waals surface area contributed by atoms with Crippen LogP contribution in [-0.4, -0.2) is 26.3 Å². The molecule has 0 saturated carbocycles.